The maximum Gasteiger partial charge on any atom is 0.142 e. The van der Waals surface area contributed by atoms with E-state index in [1.54, 1.807) is 7.11 Å². The normalized spacial score (nSPS) is 10.2. The predicted octanol–water partition coefficient (Wildman–Crippen LogP) is 4.40. The Kier molecular flexibility index (Phi) is 5.50. The number of hydrogen-bond donors (Lipinski definition) is 1. The molecule has 0 aromatic heterocycles. The first-order chi connectivity index (χ1) is 10.2. The maximum atomic E-state index is 5.82. The number of methoxy groups -OCH3 is 1. The molecule has 3 nitrogen and oxygen atoms in total. The van der Waals surface area contributed by atoms with Crippen LogP contribution in [-0.4, -0.2) is 13.7 Å². The number of aryl methyl sites for hydroxylation is 1. The standard InChI is InChI=1S/C18H23NO2/c1-4-11-21-18-12-14(2)9-10-16(18)19-13-15-7-5-6-8-17(15)20-3/h5-10,12,19H,4,11,13H2,1-3H3. The molecule has 0 aliphatic rings. The molecule has 0 heterocycles. The molecule has 0 aliphatic carbocycles. The summed E-state index contributed by atoms with van der Waals surface area (Å²) in [5.41, 5.74) is 3.34. The molecule has 0 radical (unpaired) electrons. The van der Waals surface area contributed by atoms with Crippen LogP contribution in [0, 0.1) is 6.92 Å². The van der Waals surface area contributed by atoms with Gasteiger partial charge in [0.1, 0.15) is 11.5 Å². The highest BCUT2D eigenvalue weighted by Gasteiger charge is 2.06. The van der Waals surface area contributed by atoms with E-state index in [2.05, 4.69) is 43.4 Å². The van der Waals surface area contributed by atoms with E-state index in [-0.39, 0.29) is 0 Å². The Morgan fingerprint density at radius 2 is 1.86 bits per heavy atom. The summed E-state index contributed by atoms with van der Waals surface area (Å²) in [5, 5.41) is 3.44. The van der Waals surface area contributed by atoms with Crippen molar-refractivity contribution < 1.29 is 9.47 Å². The first-order valence-electron chi connectivity index (χ1n) is 7.33. The fourth-order valence-corrected chi connectivity index (χ4v) is 2.15. The van der Waals surface area contributed by atoms with Crippen molar-refractivity contribution in [2.45, 2.75) is 26.8 Å². The van der Waals surface area contributed by atoms with E-state index in [0.29, 0.717) is 6.54 Å². The smallest absolute Gasteiger partial charge is 0.142 e. The van der Waals surface area contributed by atoms with Crippen molar-refractivity contribution in [3.05, 3.63) is 53.6 Å². The van der Waals surface area contributed by atoms with Crippen molar-refractivity contribution in [1.29, 1.82) is 0 Å². The second-order valence-corrected chi connectivity index (χ2v) is 5.01. The zero-order chi connectivity index (χ0) is 15.1. The molecule has 0 amide bonds. The Bertz CT molecular complexity index is 581. The molecule has 0 saturated carbocycles. The zero-order valence-electron chi connectivity index (χ0n) is 13.0. The Morgan fingerprint density at radius 3 is 2.62 bits per heavy atom. The quantitative estimate of drug-likeness (QED) is 0.817. The van der Waals surface area contributed by atoms with Crippen LogP contribution in [0.2, 0.25) is 0 Å². The van der Waals surface area contributed by atoms with Crippen molar-refractivity contribution in [3.8, 4) is 11.5 Å². The van der Waals surface area contributed by atoms with Crippen LogP contribution in [-0.2, 0) is 6.54 Å². The molecule has 0 unspecified atom stereocenters. The second-order valence-electron chi connectivity index (χ2n) is 5.01. The van der Waals surface area contributed by atoms with Gasteiger partial charge in [-0.25, -0.2) is 0 Å². The Hall–Kier alpha value is -2.16. The summed E-state index contributed by atoms with van der Waals surface area (Å²) in [6.45, 7) is 5.61. The van der Waals surface area contributed by atoms with Crippen LogP contribution in [0.5, 0.6) is 11.5 Å². The van der Waals surface area contributed by atoms with Crippen LogP contribution < -0.4 is 14.8 Å². The lowest BCUT2D eigenvalue weighted by Gasteiger charge is -2.15. The molecule has 2 aromatic carbocycles. The van der Waals surface area contributed by atoms with Crippen molar-refractivity contribution >= 4 is 5.69 Å². The molecular formula is C18H23NO2. The SMILES string of the molecule is CCCOc1cc(C)ccc1NCc1ccccc1OC. The minimum Gasteiger partial charge on any atom is -0.496 e. The lowest BCUT2D eigenvalue weighted by atomic mass is 10.1. The van der Waals surface area contributed by atoms with Gasteiger partial charge in [0.15, 0.2) is 0 Å². The maximum absolute atomic E-state index is 5.82. The molecule has 0 bridgehead atoms. The minimum atomic E-state index is 0.704. The van der Waals surface area contributed by atoms with E-state index in [4.69, 9.17) is 9.47 Å². The largest absolute Gasteiger partial charge is 0.496 e. The average Bonchev–Trinajstić information content (AvgIpc) is 2.52. The van der Waals surface area contributed by atoms with Crippen LogP contribution in [0.3, 0.4) is 0 Å². The summed E-state index contributed by atoms with van der Waals surface area (Å²) in [6.07, 6.45) is 1.000. The van der Waals surface area contributed by atoms with E-state index in [1.165, 1.54) is 5.56 Å². The van der Waals surface area contributed by atoms with Crippen LogP contribution >= 0.6 is 0 Å². The summed E-state index contributed by atoms with van der Waals surface area (Å²) in [4.78, 5) is 0. The lowest BCUT2D eigenvalue weighted by molar-refractivity contribution is 0.318. The first-order valence-corrected chi connectivity index (χ1v) is 7.33. The van der Waals surface area contributed by atoms with E-state index < -0.39 is 0 Å². The highest BCUT2D eigenvalue weighted by atomic mass is 16.5. The number of ether oxygens (including phenoxy) is 2. The van der Waals surface area contributed by atoms with Gasteiger partial charge in [0.25, 0.3) is 0 Å². The average molecular weight is 285 g/mol. The third-order valence-corrected chi connectivity index (χ3v) is 3.26. The van der Waals surface area contributed by atoms with Crippen LogP contribution in [0.1, 0.15) is 24.5 Å². The topological polar surface area (TPSA) is 30.5 Å². The number of rotatable bonds is 7. The van der Waals surface area contributed by atoms with E-state index in [1.807, 2.05) is 18.2 Å². The molecule has 0 atom stereocenters. The van der Waals surface area contributed by atoms with Gasteiger partial charge in [0.2, 0.25) is 0 Å². The molecule has 0 spiro atoms. The fourth-order valence-electron chi connectivity index (χ4n) is 2.15. The van der Waals surface area contributed by atoms with Crippen LogP contribution in [0.15, 0.2) is 42.5 Å². The van der Waals surface area contributed by atoms with Gasteiger partial charge in [-0.05, 0) is 37.1 Å². The predicted molar refractivity (Wildman–Crippen MR) is 87.3 cm³/mol. The Morgan fingerprint density at radius 1 is 1.05 bits per heavy atom. The van der Waals surface area contributed by atoms with Crippen molar-refractivity contribution in [1.82, 2.24) is 0 Å². The number of anilines is 1. The molecule has 21 heavy (non-hydrogen) atoms. The van der Waals surface area contributed by atoms with Gasteiger partial charge in [0.05, 0.1) is 19.4 Å². The van der Waals surface area contributed by atoms with Gasteiger partial charge in [-0.1, -0.05) is 31.2 Å². The highest BCUT2D eigenvalue weighted by Crippen LogP contribution is 2.27. The number of para-hydroxylation sites is 1. The van der Waals surface area contributed by atoms with E-state index in [0.717, 1.165) is 35.8 Å². The van der Waals surface area contributed by atoms with Gasteiger partial charge >= 0.3 is 0 Å². The minimum absolute atomic E-state index is 0.704. The summed E-state index contributed by atoms with van der Waals surface area (Å²) in [5.74, 6) is 1.81. The number of hydrogen-bond acceptors (Lipinski definition) is 3. The highest BCUT2D eigenvalue weighted by molar-refractivity contribution is 5.58. The second kappa shape index (κ2) is 7.58. The molecule has 1 N–H and O–H groups in total. The summed E-state index contributed by atoms with van der Waals surface area (Å²) in [6, 6.07) is 14.2. The molecule has 3 heteroatoms. The van der Waals surface area contributed by atoms with Gasteiger partial charge < -0.3 is 14.8 Å². The van der Waals surface area contributed by atoms with Gasteiger partial charge in [0, 0.05) is 12.1 Å². The monoisotopic (exact) mass is 285 g/mol. The summed E-state index contributed by atoms with van der Waals surface area (Å²) >= 11 is 0. The van der Waals surface area contributed by atoms with Gasteiger partial charge in [-0.2, -0.15) is 0 Å². The number of nitrogens with one attached hydrogen (secondary N) is 1. The summed E-state index contributed by atoms with van der Waals surface area (Å²) < 4.78 is 11.2. The van der Waals surface area contributed by atoms with E-state index >= 15 is 0 Å². The third-order valence-electron chi connectivity index (χ3n) is 3.26. The Labute approximate surface area is 126 Å². The molecule has 0 fully saturated rings. The molecule has 112 valence electrons. The molecule has 0 saturated heterocycles. The Balaban J connectivity index is 2.12. The molecule has 0 aliphatic heterocycles. The van der Waals surface area contributed by atoms with Gasteiger partial charge in [-0.3, -0.25) is 0 Å². The van der Waals surface area contributed by atoms with Crippen LogP contribution in [0.4, 0.5) is 5.69 Å². The molecular weight excluding hydrogens is 262 g/mol. The van der Waals surface area contributed by atoms with E-state index in [9.17, 15) is 0 Å². The third kappa shape index (κ3) is 4.15. The van der Waals surface area contributed by atoms with Crippen molar-refractivity contribution in [3.63, 3.8) is 0 Å². The first kappa shape index (κ1) is 15.2. The van der Waals surface area contributed by atoms with Crippen LogP contribution in [0.25, 0.3) is 0 Å². The summed E-state index contributed by atoms with van der Waals surface area (Å²) in [7, 11) is 1.69. The molecule has 2 rings (SSSR count). The number of benzene rings is 2. The van der Waals surface area contributed by atoms with Crippen molar-refractivity contribution in [2.75, 3.05) is 19.0 Å². The van der Waals surface area contributed by atoms with Crippen molar-refractivity contribution in [2.24, 2.45) is 0 Å². The van der Waals surface area contributed by atoms with Gasteiger partial charge in [-0.15, -0.1) is 0 Å². The molecule has 2 aromatic rings. The fraction of sp³-hybridized carbons (Fsp3) is 0.333. The zero-order valence-corrected chi connectivity index (χ0v) is 13.0. The lowest BCUT2D eigenvalue weighted by Crippen LogP contribution is -2.05.